The average molecular weight is 427 g/mol. The Morgan fingerprint density at radius 3 is 2.67 bits per heavy atom. The second-order valence-corrected chi connectivity index (χ2v) is 7.74. The van der Waals surface area contributed by atoms with Gasteiger partial charge in [-0.2, -0.15) is 0 Å². The number of aromatic hydroxyl groups is 1. The minimum Gasteiger partial charge on any atom is -0.506 e. The van der Waals surface area contributed by atoms with Gasteiger partial charge in [0.2, 0.25) is 0 Å². The molecule has 1 amide bonds. The highest BCUT2D eigenvalue weighted by molar-refractivity contribution is 6.30. The zero-order valence-electron chi connectivity index (χ0n) is 16.4. The number of aromatic nitrogens is 1. The molecule has 0 radical (unpaired) electrons. The molecule has 0 atom stereocenters. The van der Waals surface area contributed by atoms with Crippen LogP contribution in [-0.4, -0.2) is 47.2 Å². The van der Waals surface area contributed by atoms with E-state index in [0.29, 0.717) is 47.9 Å². The standard InChI is InChI=1S/C22H23ClN4O3/c23-16-3-1-14(2-4-16)11-26-22(29)18-12-25-20-17(21(18)28)9-15(10-19(20)24)13-27-5-7-30-8-6-27/h1-4,9-10,12H,5-8,11,13,24H2,(H,25,28)(H,26,29). The molecule has 3 aromatic rings. The van der Waals surface area contributed by atoms with Crippen molar-refractivity contribution in [2.24, 2.45) is 0 Å². The first-order valence-electron chi connectivity index (χ1n) is 9.74. The molecular formula is C22H23ClN4O3. The van der Waals surface area contributed by atoms with Gasteiger partial charge in [-0.05, 0) is 35.4 Å². The molecule has 1 aromatic heterocycles. The van der Waals surface area contributed by atoms with Gasteiger partial charge in [-0.25, -0.2) is 0 Å². The molecule has 4 rings (SSSR count). The first-order chi connectivity index (χ1) is 14.5. The topological polar surface area (TPSA) is 101 Å². The van der Waals surface area contributed by atoms with Crippen LogP contribution in [-0.2, 0) is 17.8 Å². The van der Waals surface area contributed by atoms with Gasteiger partial charge >= 0.3 is 0 Å². The van der Waals surface area contributed by atoms with Gasteiger partial charge in [0.15, 0.2) is 0 Å². The fourth-order valence-electron chi connectivity index (χ4n) is 3.53. The third-order valence-electron chi connectivity index (χ3n) is 5.15. The van der Waals surface area contributed by atoms with Gasteiger partial charge in [0.05, 0.1) is 24.4 Å². The number of nitrogen functional groups attached to an aromatic ring is 1. The van der Waals surface area contributed by atoms with Gasteiger partial charge in [0.1, 0.15) is 11.3 Å². The summed E-state index contributed by atoms with van der Waals surface area (Å²) < 4.78 is 5.39. The third kappa shape index (κ3) is 4.48. The maximum absolute atomic E-state index is 12.6. The number of halogens is 1. The quantitative estimate of drug-likeness (QED) is 0.542. The third-order valence-corrected chi connectivity index (χ3v) is 5.40. The van der Waals surface area contributed by atoms with Crippen LogP contribution in [0.5, 0.6) is 5.75 Å². The van der Waals surface area contributed by atoms with Crippen LogP contribution in [0.15, 0.2) is 42.6 Å². The molecule has 1 aliphatic rings. The van der Waals surface area contributed by atoms with Crippen molar-refractivity contribution in [2.45, 2.75) is 13.1 Å². The summed E-state index contributed by atoms with van der Waals surface area (Å²) in [5.41, 5.74) is 9.09. The van der Waals surface area contributed by atoms with Gasteiger partial charge in [-0.3, -0.25) is 14.7 Å². The zero-order valence-corrected chi connectivity index (χ0v) is 17.2. The molecule has 0 saturated carbocycles. The van der Waals surface area contributed by atoms with E-state index in [1.165, 1.54) is 6.20 Å². The molecule has 2 aromatic carbocycles. The number of hydrogen-bond acceptors (Lipinski definition) is 6. The van der Waals surface area contributed by atoms with E-state index in [1.54, 1.807) is 12.1 Å². The Morgan fingerprint density at radius 2 is 1.93 bits per heavy atom. The maximum Gasteiger partial charge on any atom is 0.256 e. The van der Waals surface area contributed by atoms with E-state index in [9.17, 15) is 9.90 Å². The molecule has 0 unspecified atom stereocenters. The van der Waals surface area contributed by atoms with Crippen LogP contribution >= 0.6 is 11.6 Å². The SMILES string of the molecule is Nc1cc(CN2CCOCC2)cc2c(O)c(C(=O)NCc3ccc(Cl)cc3)cnc12. The number of amides is 1. The molecule has 8 heteroatoms. The van der Waals surface area contributed by atoms with Crippen molar-refractivity contribution < 1.29 is 14.6 Å². The molecule has 1 fully saturated rings. The van der Waals surface area contributed by atoms with Crippen molar-refractivity contribution in [3.63, 3.8) is 0 Å². The second-order valence-electron chi connectivity index (χ2n) is 7.30. The lowest BCUT2D eigenvalue weighted by Crippen LogP contribution is -2.35. The molecule has 1 aliphatic heterocycles. The second kappa shape index (κ2) is 8.87. The van der Waals surface area contributed by atoms with Crippen molar-refractivity contribution in [3.8, 4) is 5.75 Å². The Kier molecular flexibility index (Phi) is 6.03. The first-order valence-corrected chi connectivity index (χ1v) is 10.1. The number of nitrogens with zero attached hydrogens (tertiary/aromatic N) is 2. The number of anilines is 1. The molecule has 0 bridgehead atoms. The van der Waals surface area contributed by atoms with Crippen LogP contribution in [0.4, 0.5) is 5.69 Å². The number of benzene rings is 2. The lowest BCUT2D eigenvalue weighted by atomic mass is 10.0. The maximum atomic E-state index is 12.6. The largest absolute Gasteiger partial charge is 0.506 e. The van der Waals surface area contributed by atoms with Crippen molar-refractivity contribution in [3.05, 3.63) is 64.3 Å². The van der Waals surface area contributed by atoms with E-state index in [-0.39, 0.29) is 11.3 Å². The van der Waals surface area contributed by atoms with Crippen LogP contribution in [0.1, 0.15) is 21.5 Å². The monoisotopic (exact) mass is 426 g/mol. The molecule has 7 nitrogen and oxygen atoms in total. The predicted octanol–water partition coefficient (Wildman–Crippen LogP) is 2.94. The lowest BCUT2D eigenvalue weighted by Gasteiger charge is -2.26. The molecule has 2 heterocycles. The fourth-order valence-corrected chi connectivity index (χ4v) is 3.66. The van der Waals surface area contributed by atoms with Crippen molar-refractivity contribution in [2.75, 3.05) is 32.0 Å². The smallest absolute Gasteiger partial charge is 0.256 e. The van der Waals surface area contributed by atoms with Gasteiger partial charge in [-0.1, -0.05) is 23.7 Å². The minimum atomic E-state index is -0.408. The number of hydrogen-bond donors (Lipinski definition) is 3. The number of ether oxygens (including phenoxy) is 1. The van der Waals surface area contributed by atoms with E-state index >= 15 is 0 Å². The summed E-state index contributed by atoms with van der Waals surface area (Å²) >= 11 is 5.89. The first kappa shape index (κ1) is 20.4. The van der Waals surface area contributed by atoms with Crippen molar-refractivity contribution in [1.82, 2.24) is 15.2 Å². The zero-order chi connectivity index (χ0) is 21.1. The Bertz CT molecular complexity index is 1070. The number of carbonyl (C=O) groups excluding carboxylic acids is 1. The Hall–Kier alpha value is -2.87. The average Bonchev–Trinajstić information content (AvgIpc) is 2.75. The Morgan fingerprint density at radius 1 is 1.20 bits per heavy atom. The Balaban J connectivity index is 1.56. The number of pyridine rings is 1. The van der Waals surface area contributed by atoms with E-state index < -0.39 is 5.91 Å². The van der Waals surface area contributed by atoms with E-state index in [2.05, 4.69) is 15.2 Å². The van der Waals surface area contributed by atoms with Crippen molar-refractivity contribution >= 4 is 34.1 Å². The predicted molar refractivity (Wildman–Crippen MR) is 117 cm³/mol. The highest BCUT2D eigenvalue weighted by Gasteiger charge is 2.18. The van der Waals surface area contributed by atoms with Gasteiger partial charge < -0.3 is 20.9 Å². The number of nitrogens with two attached hydrogens (primary N) is 1. The summed E-state index contributed by atoms with van der Waals surface area (Å²) in [6.45, 7) is 4.09. The molecule has 0 spiro atoms. The Labute approximate surface area is 179 Å². The summed E-state index contributed by atoms with van der Waals surface area (Å²) in [5, 5.41) is 14.7. The molecule has 156 valence electrons. The van der Waals surface area contributed by atoms with E-state index in [4.69, 9.17) is 22.1 Å². The van der Waals surface area contributed by atoms with E-state index in [0.717, 1.165) is 24.2 Å². The molecule has 1 saturated heterocycles. The number of carbonyl (C=O) groups is 1. The summed E-state index contributed by atoms with van der Waals surface area (Å²) in [5.74, 6) is -0.530. The van der Waals surface area contributed by atoms with Crippen LogP contribution in [0.2, 0.25) is 5.02 Å². The van der Waals surface area contributed by atoms with Gasteiger partial charge in [0, 0.05) is 42.8 Å². The normalized spacial score (nSPS) is 14.7. The lowest BCUT2D eigenvalue weighted by molar-refractivity contribution is 0.0342. The van der Waals surface area contributed by atoms with Crippen LogP contribution < -0.4 is 11.1 Å². The molecule has 4 N–H and O–H groups in total. The highest BCUT2D eigenvalue weighted by Crippen LogP contribution is 2.32. The summed E-state index contributed by atoms with van der Waals surface area (Å²) in [6, 6.07) is 10.9. The highest BCUT2D eigenvalue weighted by atomic mass is 35.5. The number of nitrogens with one attached hydrogen (secondary N) is 1. The van der Waals surface area contributed by atoms with Crippen LogP contribution in [0.25, 0.3) is 10.9 Å². The molecule has 0 aliphatic carbocycles. The van der Waals surface area contributed by atoms with Gasteiger partial charge in [0.25, 0.3) is 5.91 Å². The summed E-state index contributed by atoms with van der Waals surface area (Å²) in [4.78, 5) is 19.2. The minimum absolute atomic E-state index is 0.111. The fraction of sp³-hybridized carbons (Fsp3) is 0.273. The van der Waals surface area contributed by atoms with Crippen LogP contribution in [0.3, 0.4) is 0 Å². The summed E-state index contributed by atoms with van der Waals surface area (Å²) in [6.07, 6.45) is 1.35. The summed E-state index contributed by atoms with van der Waals surface area (Å²) in [7, 11) is 0. The van der Waals surface area contributed by atoms with E-state index in [1.807, 2.05) is 24.3 Å². The number of fused-ring (bicyclic) bond motifs is 1. The number of rotatable bonds is 5. The van der Waals surface area contributed by atoms with Crippen LogP contribution in [0, 0.1) is 0 Å². The van der Waals surface area contributed by atoms with Gasteiger partial charge in [-0.15, -0.1) is 0 Å². The number of morpholine rings is 1. The molecule has 30 heavy (non-hydrogen) atoms. The molecular weight excluding hydrogens is 404 g/mol. The van der Waals surface area contributed by atoms with Crippen molar-refractivity contribution in [1.29, 1.82) is 0 Å².